The maximum atomic E-state index is 12.8. The van der Waals surface area contributed by atoms with Gasteiger partial charge in [-0.2, -0.15) is 4.98 Å². The lowest BCUT2D eigenvalue weighted by atomic mass is 9.49. The van der Waals surface area contributed by atoms with E-state index in [0.29, 0.717) is 11.3 Å². The fourth-order valence-corrected chi connectivity index (χ4v) is 3.41. The van der Waals surface area contributed by atoms with Gasteiger partial charge in [0.05, 0.1) is 59.7 Å². The van der Waals surface area contributed by atoms with Crippen molar-refractivity contribution in [3.05, 3.63) is 35.8 Å². The van der Waals surface area contributed by atoms with Crippen molar-refractivity contribution in [3.63, 3.8) is 0 Å². The van der Waals surface area contributed by atoms with Gasteiger partial charge in [0, 0.05) is 12.0 Å². The Morgan fingerprint density at radius 2 is 1.97 bits per heavy atom. The molecule has 13 nitrogen and oxygen atoms in total. The minimum atomic E-state index is -2.02. The Labute approximate surface area is 221 Å². The van der Waals surface area contributed by atoms with E-state index in [2.05, 4.69) is 36.3 Å². The zero-order valence-electron chi connectivity index (χ0n) is 20.6. The molecule has 1 aromatic carbocycles. The number of aliphatic hydroxyl groups excluding tert-OH is 1. The van der Waals surface area contributed by atoms with Crippen molar-refractivity contribution in [1.29, 1.82) is 0 Å². The van der Waals surface area contributed by atoms with Crippen LogP contribution in [0.25, 0.3) is 11.5 Å². The number of para-hydroxylation sites is 1. The lowest BCUT2D eigenvalue weighted by Gasteiger charge is -2.23. The number of amides is 2. The minimum absolute atomic E-state index is 0.0819. The molecule has 2 amide bonds. The van der Waals surface area contributed by atoms with E-state index in [4.69, 9.17) is 38.5 Å². The Morgan fingerprint density at radius 3 is 2.61 bits per heavy atom. The Kier molecular flexibility index (Phi) is 7.74. The Balaban J connectivity index is 1.71. The zero-order chi connectivity index (χ0) is 27.6. The first-order valence-electron chi connectivity index (χ1n) is 11.6. The molecule has 2 aromatic heterocycles. The van der Waals surface area contributed by atoms with Crippen LogP contribution in [0.1, 0.15) is 42.1 Å². The van der Waals surface area contributed by atoms with Crippen molar-refractivity contribution in [3.8, 4) is 17.2 Å². The topological polar surface area (TPSA) is 190 Å². The third-order valence-electron chi connectivity index (χ3n) is 5.52. The number of aliphatic hydroxyl groups is 1. The number of ether oxygens (including phenoxy) is 1. The second-order valence-corrected chi connectivity index (χ2v) is 8.88. The highest BCUT2D eigenvalue weighted by atomic mass is 16.5. The molecule has 0 bridgehead atoms. The smallest absolute Gasteiger partial charge is 0.272 e. The number of nitrogens with zero attached hydrogens (tertiary/aromatic N) is 4. The van der Waals surface area contributed by atoms with Gasteiger partial charge >= 0.3 is 0 Å². The van der Waals surface area contributed by atoms with E-state index in [-0.39, 0.29) is 46.5 Å². The number of benzene rings is 1. The van der Waals surface area contributed by atoms with Crippen LogP contribution in [0.4, 0.5) is 17.2 Å². The normalized spacial score (nSPS) is 14.8. The maximum absolute atomic E-state index is 12.8. The number of carbonyl (C=O) groups excluding carboxylic acids is 2. The zero-order valence-corrected chi connectivity index (χ0v) is 20.6. The summed E-state index contributed by atoms with van der Waals surface area (Å²) in [6.45, 7) is 1.51. The van der Waals surface area contributed by atoms with Gasteiger partial charge in [-0.15, -0.1) is 10.2 Å². The van der Waals surface area contributed by atoms with E-state index in [1.54, 1.807) is 18.2 Å². The lowest BCUT2D eigenvalue weighted by molar-refractivity contribution is -0.117. The van der Waals surface area contributed by atoms with Gasteiger partial charge in [-0.3, -0.25) is 9.59 Å². The van der Waals surface area contributed by atoms with Crippen LogP contribution < -0.4 is 26.4 Å². The number of methoxy groups -OCH3 is 1. The third kappa shape index (κ3) is 6.32. The molecule has 3 aromatic rings. The predicted octanol–water partition coefficient (Wildman–Crippen LogP) is -0.145. The fourth-order valence-electron chi connectivity index (χ4n) is 3.41. The summed E-state index contributed by atoms with van der Waals surface area (Å²) in [5.41, 5.74) is 6.59. The molecular weight excluding hydrogens is 489 g/mol. The molecule has 1 aliphatic rings. The van der Waals surface area contributed by atoms with Gasteiger partial charge in [0.15, 0.2) is 23.1 Å². The van der Waals surface area contributed by atoms with E-state index >= 15 is 0 Å². The largest absolute Gasteiger partial charge is 0.494 e. The first-order chi connectivity index (χ1) is 18.0. The molecule has 0 aliphatic heterocycles. The summed E-state index contributed by atoms with van der Waals surface area (Å²) < 4.78 is 10.9. The first kappa shape index (κ1) is 27.1. The summed E-state index contributed by atoms with van der Waals surface area (Å²) in [6.07, 6.45) is 0.683. The second kappa shape index (κ2) is 10.8. The van der Waals surface area contributed by atoms with E-state index < -0.39 is 23.3 Å². The van der Waals surface area contributed by atoms with Gasteiger partial charge in [-0.25, -0.2) is 0 Å². The lowest BCUT2D eigenvalue weighted by Crippen LogP contribution is -2.50. The number of anilines is 3. The van der Waals surface area contributed by atoms with Gasteiger partial charge in [0.25, 0.3) is 11.8 Å². The van der Waals surface area contributed by atoms with Gasteiger partial charge < -0.3 is 36.1 Å². The Hall–Kier alpha value is -3.91. The van der Waals surface area contributed by atoms with Crippen LogP contribution >= 0.6 is 0 Å². The molecule has 16 heteroatoms. The summed E-state index contributed by atoms with van der Waals surface area (Å²) in [6, 6.07) is 5.57. The summed E-state index contributed by atoms with van der Waals surface area (Å²) in [4.78, 5) is 29.3. The molecule has 1 saturated carbocycles. The van der Waals surface area contributed by atoms with Crippen LogP contribution in [-0.2, 0) is 4.79 Å². The minimum Gasteiger partial charge on any atom is -0.494 e. The van der Waals surface area contributed by atoms with Crippen LogP contribution in [0.5, 0.6) is 5.75 Å². The van der Waals surface area contributed by atoms with Crippen molar-refractivity contribution in [2.24, 2.45) is 11.7 Å². The van der Waals surface area contributed by atoms with E-state index in [9.17, 15) is 14.7 Å². The van der Waals surface area contributed by atoms with Gasteiger partial charge in [0.1, 0.15) is 0 Å². The number of hydrogen-bond acceptors (Lipinski definition) is 11. The van der Waals surface area contributed by atoms with Crippen LogP contribution in [-0.4, -0.2) is 79.2 Å². The van der Waals surface area contributed by atoms with Gasteiger partial charge in [-0.05, 0) is 31.9 Å². The van der Waals surface area contributed by atoms with Gasteiger partial charge in [-0.1, -0.05) is 16.5 Å². The standard InChI is InChI=1S/C22H23B3N8O5/c1-9(34)15(26)18-29-21(38-33-18)11-4-3-5-12(17(11)37-2)27-13-8-14(28-19(35)10-6-7-10)31-32-16(13)20(36)30-22(23,24)25/h3-5,8-10,15,34H,6-7,26H2,1-2H3,(H,30,36)(H2,27,28,31,35)/t9-,15+/m1/s1. The molecule has 1 aliphatic carbocycles. The molecule has 1 fully saturated rings. The Bertz CT molecular complexity index is 1340. The van der Waals surface area contributed by atoms with Gasteiger partial charge in [0.2, 0.25) is 5.91 Å². The van der Waals surface area contributed by atoms with E-state index in [1.165, 1.54) is 20.1 Å². The van der Waals surface area contributed by atoms with E-state index in [1.807, 2.05) is 0 Å². The summed E-state index contributed by atoms with van der Waals surface area (Å²) >= 11 is 0. The molecule has 6 N–H and O–H groups in total. The highest BCUT2D eigenvalue weighted by molar-refractivity contribution is 6.60. The number of aromatic nitrogens is 4. The van der Waals surface area contributed by atoms with Crippen molar-refractivity contribution in [1.82, 2.24) is 25.7 Å². The molecule has 0 saturated heterocycles. The van der Waals surface area contributed by atoms with Crippen LogP contribution in [0.15, 0.2) is 28.8 Å². The fraction of sp³-hybridized carbons (Fsp3) is 0.364. The molecule has 6 radical (unpaired) electrons. The SMILES string of the molecule is [B]C([B])([B])NC(=O)c1nnc(NC(=O)C2CC2)cc1Nc1cccc(-c2nc([C@@H](N)[C@@H](C)O)no2)c1OC. The monoisotopic (exact) mass is 512 g/mol. The average molecular weight is 512 g/mol. The number of nitrogens with two attached hydrogens (primary N) is 1. The van der Waals surface area contributed by atoms with Crippen LogP contribution in [0.3, 0.4) is 0 Å². The first-order valence-corrected chi connectivity index (χ1v) is 11.6. The molecular formula is C22H23B3N8O5. The summed E-state index contributed by atoms with van der Waals surface area (Å²) in [5, 5.41) is 27.4. The molecule has 2 atom stereocenters. The summed E-state index contributed by atoms with van der Waals surface area (Å²) in [5.74, 6) is -0.529. The average Bonchev–Trinajstić information content (AvgIpc) is 3.59. The number of nitrogens with one attached hydrogen (secondary N) is 3. The third-order valence-corrected chi connectivity index (χ3v) is 5.52. The van der Waals surface area contributed by atoms with Crippen molar-refractivity contribution < 1.29 is 24.0 Å². The highest BCUT2D eigenvalue weighted by Crippen LogP contribution is 2.38. The highest BCUT2D eigenvalue weighted by Gasteiger charge is 2.30. The molecule has 4 rings (SSSR count). The van der Waals surface area contributed by atoms with Crippen molar-refractivity contribution >= 4 is 52.5 Å². The Morgan fingerprint density at radius 1 is 1.24 bits per heavy atom. The van der Waals surface area contributed by atoms with E-state index in [0.717, 1.165) is 12.8 Å². The molecule has 0 unspecified atom stereocenters. The number of carbonyl (C=O) groups is 2. The number of hydrogen-bond donors (Lipinski definition) is 5. The quantitative estimate of drug-likeness (QED) is 0.227. The second-order valence-electron chi connectivity index (χ2n) is 8.88. The van der Waals surface area contributed by atoms with Crippen LogP contribution in [0, 0.1) is 5.92 Å². The number of rotatable bonds is 10. The molecule has 2 heterocycles. The van der Waals surface area contributed by atoms with Crippen LogP contribution in [0.2, 0.25) is 0 Å². The molecule has 190 valence electrons. The summed E-state index contributed by atoms with van der Waals surface area (Å²) in [7, 11) is 18.0. The van der Waals surface area contributed by atoms with Crippen molar-refractivity contribution in [2.75, 3.05) is 17.7 Å². The predicted molar refractivity (Wildman–Crippen MR) is 139 cm³/mol. The molecule has 38 heavy (non-hydrogen) atoms. The molecule has 0 spiro atoms. The van der Waals surface area contributed by atoms with Crippen molar-refractivity contribution in [2.45, 2.75) is 37.1 Å². The maximum Gasteiger partial charge on any atom is 0.272 e.